The van der Waals surface area contributed by atoms with Gasteiger partial charge in [-0.2, -0.15) is 0 Å². The predicted molar refractivity (Wildman–Crippen MR) is 131 cm³/mol. The average Bonchev–Trinajstić information content (AvgIpc) is 3.04. The lowest BCUT2D eigenvalue weighted by molar-refractivity contribution is -0.120. The van der Waals surface area contributed by atoms with E-state index < -0.39 is 11.8 Å². The quantitative estimate of drug-likeness (QED) is 0.544. The monoisotopic (exact) mass is 459 g/mol. The molecule has 0 unspecified atom stereocenters. The summed E-state index contributed by atoms with van der Waals surface area (Å²) in [6.07, 6.45) is 0. The molecule has 33 heavy (non-hydrogen) atoms. The smallest absolute Gasteiger partial charge is 0.283 e. The summed E-state index contributed by atoms with van der Waals surface area (Å²) in [7, 11) is 1.69. The summed E-state index contributed by atoms with van der Waals surface area (Å²) >= 11 is 6.25. The highest BCUT2D eigenvalue weighted by Gasteiger charge is 2.39. The van der Waals surface area contributed by atoms with E-state index in [2.05, 4.69) is 5.32 Å². The van der Waals surface area contributed by atoms with Crippen molar-refractivity contribution >= 4 is 46.4 Å². The third kappa shape index (κ3) is 4.25. The Hall–Kier alpha value is -3.90. The number of amides is 3. The minimum Gasteiger partial charge on any atom is -0.350 e. The zero-order valence-corrected chi connectivity index (χ0v) is 19.2. The number of para-hydroxylation sites is 1. The van der Waals surface area contributed by atoms with Crippen LogP contribution < -0.4 is 15.1 Å². The van der Waals surface area contributed by atoms with Crippen molar-refractivity contribution in [1.82, 2.24) is 0 Å². The lowest BCUT2D eigenvalue weighted by atomic mass is 10.1. The average molecular weight is 460 g/mol. The molecule has 1 heterocycles. The van der Waals surface area contributed by atoms with Gasteiger partial charge >= 0.3 is 0 Å². The zero-order valence-electron chi connectivity index (χ0n) is 18.4. The van der Waals surface area contributed by atoms with Gasteiger partial charge in [-0.25, -0.2) is 4.90 Å². The highest BCUT2D eigenvalue weighted by molar-refractivity contribution is 6.53. The number of halogens is 1. The summed E-state index contributed by atoms with van der Waals surface area (Å²) in [4.78, 5) is 41.3. The number of carbonyl (C=O) groups excluding carboxylic acids is 3. The first-order chi connectivity index (χ1) is 15.8. The second-order valence-corrected chi connectivity index (χ2v) is 8.19. The molecule has 0 bridgehead atoms. The second-order valence-electron chi connectivity index (χ2n) is 7.81. The maximum Gasteiger partial charge on any atom is 0.283 e. The molecular weight excluding hydrogens is 438 g/mol. The lowest BCUT2D eigenvalue weighted by Crippen LogP contribution is -2.32. The number of hydrogen-bond donors (Lipinski definition) is 1. The number of rotatable bonds is 5. The number of benzene rings is 3. The SMILES string of the molecule is Cc1ccc(N2C(=O)C(Cl)=C(Nc3cccc(C(=O)N(C)c4ccccc4)c3)C2=O)cc1C. The molecule has 0 spiro atoms. The summed E-state index contributed by atoms with van der Waals surface area (Å²) < 4.78 is 0. The molecule has 0 radical (unpaired) electrons. The molecule has 0 fully saturated rings. The van der Waals surface area contributed by atoms with Gasteiger partial charge in [0, 0.05) is 24.0 Å². The van der Waals surface area contributed by atoms with E-state index in [0.717, 1.165) is 21.7 Å². The van der Waals surface area contributed by atoms with Gasteiger partial charge in [0.25, 0.3) is 17.7 Å². The lowest BCUT2D eigenvalue weighted by Gasteiger charge is -2.18. The summed E-state index contributed by atoms with van der Waals surface area (Å²) in [6.45, 7) is 3.86. The molecule has 4 rings (SSSR count). The van der Waals surface area contributed by atoms with Crippen LogP contribution in [-0.4, -0.2) is 24.8 Å². The molecule has 0 saturated heterocycles. The van der Waals surface area contributed by atoms with Gasteiger partial charge in [-0.05, 0) is 67.4 Å². The Morgan fingerprint density at radius 2 is 1.61 bits per heavy atom. The van der Waals surface area contributed by atoms with E-state index in [4.69, 9.17) is 11.6 Å². The van der Waals surface area contributed by atoms with Gasteiger partial charge in [0.05, 0.1) is 5.69 Å². The maximum atomic E-state index is 13.1. The molecule has 0 atom stereocenters. The fourth-order valence-electron chi connectivity index (χ4n) is 3.55. The number of carbonyl (C=O) groups is 3. The van der Waals surface area contributed by atoms with Crippen molar-refractivity contribution in [3.05, 3.63) is 100 Å². The van der Waals surface area contributed by atoms with Crippen LogP contribution in [-0.2, 0) is 9.59 Å². The van der Waals surface area contributed by atoms with Crippen LogP contribution in [0.15, 0.2) is 83.5 Å². The van der Waals surface area contributed by atoms with Gasteiger partial charge in [0.1, 0.15) is 10.7 Å². The summed E-state index contributed by atoms with van der Waals surface area (Å²) in [6, 6.07) is 21.3. The maximum absolute atomic E-state index is 13.1. The minimum atomic E-state index is -0.594. The van der Waals surface area contributed by atoms with Crippen LogP contribution >= 0.6 is 11.6 Å². The van der Waals surface area contributed by atoms with Gasteiger partial charge in [-0.15, -0.1) is 0 Å². The van der Waals surface area contributed by atoms with E-state index in [1.807, 2.05) is 50.2 Å². The van der Waals surface area contributed by atoms with E-state index in [1.165, 1.54) is 4.90 Å². The summed E-state index contributed by atoms with van der Waals surface area (Å²) in [5.74, 6) is -1.36. The number of imide groups is 1. The Labute approximate surface area is 197 Å². The van der Waals surface area contributed by atoms with Gasteiger partial charge in [0.15, 0.2) is 0 Å². The van der Waals surface area contributed by atoms with Crippen LogP contribution in [0.2, 0.25) is 0 Å². The third-order valence-corrected chi connectivity index (χ3v) is 5.95. The Bertz CT molecular complexity index is 1300. The molecule has 0 aliphatic carbocycles. The molecule has 1 aliphatic rings. The first-order valence-electron chi connectivity index (χ1n) is 10.3. The topological polar surface area (TPSA) is 69.7 Å². The number of nitrogens with zero attached hydrogens (tertiary/aromatic N) is 2. The van der Waals surface area contributed by atoms with Crippen molar-refractivity contribution in [3.63, 3.8) is 0 Å². The first-order valence-corrected chi connectivity index (χ1v) is 10.7. The fourth-order valence-corrected chi connectivity index (χ4v) is 3.76. The Morgan fingerprint density at radius 3 is 2.30 bits per heavy atom. The molecule has 0 aromatic heterocycles. The molecule has 166 valence electrons. The van der Waals surface area contributed by atoms with E-state index in [1.54, 1.807) is 43.4 Å². The van der Waals surface area contributed by atoms with E-state index in [0.29, 0.717) is 16.9 Å². The van der Waals surface area contributed by atoms with Crippen LogP contribution in [0, 0.1) is 13.8 Å². The van der Waals surface area contributed by atoms with Crippen LogP contribution in [0.3, 0.4) is 0 Å². The van der Waals surface area contributed by atoms with Crippen LogP contribution in [0.4, 0.5) is 17.1 Å². The molecule has 6 nitrogen and oxygen atoms in total. The second kappa shape index (κ2) is 8.92. The Morgan fingerprint density at radius 1 is 0.879 bits per heavy atom. The number of nitrogens with one attached hydrogen (secondary N) is 1. The minimum absolute atomic E-state index is 0.0269. The number of hydrogen-bond acceptors (Lipinski definition) is 4. The fraction of sp³-hybridized carbons (Fsp3) is 0.115. The van der Waals surface area contributed by atoms with Crippen molar-refractivity contribution in [1.29, 1.82) is 0 Å². The largest absolute Gasteiger partial charge is 0.350 e. The van der Waals surface area contributed by atoms with E-state index >= 15 is 0 Å². The van der Waals surface area contributed by atoms with Crippen molar-refractivity contribution in [3.8, 4) is 0 Å². The molecule has 1 aliphatic heterocycles. The third-order valence-electron chi connectivity index (χ3n) is 5.60. The van der Waals surface area contributed by atoms with Crippen molar-refractivity contribution in [2.45, 2.75) is 13.8 Å². The van der Waals surface area contributed by atoms with Crippen LogP contribution in [0.5, 0.6) is 0 Å². The normalized spacial score (nSPS) is 13.5. The van der Waals surface area contributed by atoms with E-state index in [9.17, 15) is 14.4 Å². The van der Waals surface area contributed by atoms with Gasteiger partial charge in [0.2, 0.25) is 0 Å². The zero-order chi connectivity index (χ0) is 23.7. The molecule has 3 aromatic carbocycles. The van der Waals surface area contributed by atoms with Gasteiger partial charge < -0.3 is 10.2 Å². The highest BCUT2D eigenvalue weighted by atomic mass is 35.5. The van der Waals surface area contributed by atoms with Gasteiger partial charge in [-0.3, -0.25) is 14.4 Å². The molecule has 7 heteroatoms. The van der Waals surface area contributed by atoms with Crippen molar-refractivity contribution in [2.75, 3.05) is 22.2 Å². The molecule has 3 amide bonds. The van der Waals surface area contributed by atoms with Crippen LogP contribution in [0.1, 0.15) is 21.5 Å². The Kier molecular flexibility index (Phi) is 6.03. The summed E-state index contributed by atoms with van der Waals surface area (Å²) in [5, 5.41) is 2.74. The Balaban J connectivity index is 1.58. The summed E-state index contributed by atoms with van der Waals surface area (Å²) in [5.41, 5.74) is 4.09. The van der Waals surface area contributed by atoms with Gasteiger partial charge in [-0.1, -0.05) is 41.9 Å². The first kappa shape index (κ1) is 22.3. The van der Waals surface area contributed by atoms with E-state index in [-0.39, 0.29) is 16.6 Å². The molecular formula is C26H22ClN3O3. The molecule has 0 saturated carbocycles. The molecule has 1 N–H and O–H groups in total. The number of aryl methyl sites for hydroxylation is 2. The van der Waals surface area contributed by atoms with Crippen molar-refractivity contribution < 1.29 is 14.4 Å². The molecule has 3 aromatic rings. The van der Waals surface area contributed by atoms with Crippen LogP contribution in [0.25, 0.3) is 0 Å². The predicted octanol–water partition coefficient (Wildman–Crippen LogP) is 5.02. The van der Waals surface area contributed by atoms with Crippen molar-refractivity contribution in [2.24, 2.45) is 0 Å². The standard InChI is InChI=1S/C26H22ClN3O3/c1-16-12-13-21(14-17(16)2)30-25(32)22(27)23(26(30)33)28-19-9-7-8-18(15-19)24(31)29(3)20-10-5-4-6-11-20/h4-15,28H,1-3H3. The highest BCUT2D eigenvalue weighted by Crippen LogP contribution is 2.31. The number of anilines is 3.